The van der Waals surface area contributed by atoms with Crippen molar-refractivity contribution in [2.75, 3.05) is 13.1 Å². The van der Waals surface area contributed by atoms with Crippen molar-refractivity contribution in [3.05, 3.63) is 35.9 Å². The average Bonchev–Trinajstić information content (AvgIpc) is 2.46. The van der Waals surface area contributed by atoms with E-state index in [9.17, 15) is 0 Å². The molecular weight excluding hydrogens is 232 g/mol. The zero-order valence-corrected chi connectivity index (χ0v) is 12.4. The van der Waals surface area contributed by atoms with Crippen LogP contribution >= 0.6 is 0 Å². The molecule has 1 aliphatic heterocycles. The van der Waals surface area contributed by atoms with Crippen molar-refractivity contribution in [2.45, 2.75) is 51.6 Å². The highest BCUT2D eigenvalue weighted by Gasteiger charge is 2.25. The molecule has 0 spiro atoms. The molecule has 2 rings (SSSR count). The maximum absolute atomic E-state index is 6.07. The molecule has 2 nitrogen and oxygen atoms in total. The van der Waals surface area contributed by atoms with Crippen LogP contribution in [0.15, 0.2) is 30.3 Å². The molecule has 2 heteroatoms. The lowest BCUT2D eigenvalue weighted by molar-refractivity contribution is 0.117. The standard InChI is InChI=1S/C17H28N2/c1-14(10-11-16-7-4-3-5-8-16)19-12-6-9-17(13-19)15(2)18/h3-5,7-8,14-15,17H,6,9-13,18H2,1-2H3. The Kier molecular flexibility index (Phi) is 5.41. The Bertz CT molecular complexity index is 361. The van der Waals surface area contributed by atoms with E-state index in [-0.39, 0.29) is 0 Å². The summed E-state index contributed by atoms with van der Waals surface area (Å²) in [4.78, 5) is 2.64. The lowest BCUT2D eigenvalue weighted by Crippen LogP contribution is -2.46. The average molecular weight is 260 g/mol. The number of rotatable bonds is 5. The van der Waals surface area contributed by atoms with Crippen molar-refractivity contribution in [1.82, 2.24) is 4.90 Å². The van der Waals surface area contributed by atoms with Gasteiger partial charge < -0.3 is 10.6 Å². The lowest BCUT2D eigenvalue weighted by atomic mass is 9.91. The first-order chi connectivity index (χ1) is 9.16. The fourth-order valence-electron chi connectivity index (χ4n) is 3.07. The highest BCUT2D eigenvalue weighted by atomic mass is 15.2. The van der Waals surface area contributed by atoms with E-state index in [0.717, 1.165) is 0 Å². The third kappa shape index (κ3) is 4.32. The SMILES string of the molecule is CC(N)C1CCCN(C(C)CCc2ccccc2)C1. The van der Waals surface area contributed by atoms with Crippen LogP contribution in [0.3, 0.4) is 0 Å². The Morgan fingerprint density at radius 1 is 1.26 bits per heavy atom. The van der Waals surface area contributed by atoms with Gasteiger partial charge in [-0.2, -0.15) is 0 Å². The number of aryl methyl sites for hydroxylation is 1. The number of likely N-dealkylation sites (tertiary alicyclic amines) is 1. The maximum Gasteiger partial charge on any atom is 0.00702 e. The number of nitrogens with zero attached hydrogens (tertiary/aromatic N) is 1. The molecule has 1 heterocycles. The number of nitrogens with two attached hydrogens (primary N) is 1. The van der Waals surface area contributed by atoms with E-state index in [0.29, 0.717) is 18.0 Å². The summed E-state index contributed by atoms with van der Waals surface area (Å²) in [6, 6.07) is 11.8. The highest BCUT2D eigenvalue weighted by molar-refractivity contribution is 5.14. The van der Waals surface area contributed by atoms with E-state index in [2.05, 4.69) is 49.1 Å². The topological polar surface area (TPSA) is 29.3 Å². The van der Waals surface area contributed by atoms with Crippen LogP contribution in [0.4, 0.5) is 0 Å². The number of benzene rings is 1. The first kappa shape index (κ1) is 14.5. The van der Waals surface area contributed by atoms with Crippen LogP contribution in [0, 0.1) is 5.92 Å². The van der Waals surface area contributed by atoms with Gasteiger partial charge in [-0.1, -0.05) is 30.3 Å². The minimum atomic E-state index is 0.337. The van der Waals surface area contributed by atoms with E-state index in [1.165, 1.54) is 44.3 Å². The van der Waals surface area contributed by atoms with Crippen molar-refractivity contribution in [3.8, 4) is 0 Å². The number of hydrogen-bond donors (Lipinski definition) is 1. The second kappa shape index (κ2) is 7.06. The van der Waals surface area contributed by atoms with Crippen LogP contribution in [0.1, 0.15) is 38.7 Å². The first-order valence-corrected chi connectivity index (χ1v) is 7.70. The smallest absolute Gasteiger partial charge is 0.00702 e. The van der Waals surface area contributed by atoms with E-state index < -0.39 is 0 Å². The van der Waals surface area contributed by atoms with Crippen molar-refractivity contribution in [1.29, 1.82) is 0 Å². The zero-order chi connectivity index (χ0) is 13.7. The van der Waals surface area contributed by atoms with Gasteiger partial charge in [0.2, 0.25) is 0 Å². The maximum atomic E-state index is 6.07. The Morgan fingerprint density at radius 3 is 2.68 bits per heavy atom. The molecule has 3 unspecified atom stereocenters. The summed E-state index contributed by atoms with van der Waals surface area (Å²) in [6.07, 6.45) is 5.04. The first-order valence-electron chi connectivity index (χ1n) is 7.70. The molecule has 0 aliphatic carbocycles. The van der Waals surface area contributed by atoms with Crippen LogP contribution in [0.2, 0.25) is 0 Å². The summed E-state index contributed by atoms with van der Waals surface area (Å²) in [6.45, 7) is 6.96. The molecule has 1 aliphatic rings. The van der Waals surface area contributed by atoms with Crippen LogP contribution < -0.4 is 5.73 Å². The molecule has 106 valence electrons. The van der Waals surface area contributed by atoms with Crippen LogP contribution in [0.25, 0.3) is 0 Å². The van der Waals surface area contributed by atoms with Crippen molar-refractivity contribution >= 4 is 0 Å². The van der Waals surface area contributed by atoms with Gasteiger partial charge in [0.1, 0.15) is 0 Å². The predicted molar refractivity (Wildman–Crippen MR) is 82.2 cm³/mol. The highest BCUT2D eigenvalue weighted by Crippen LogP contribution is 2.22. The van der Waals surface area contributed by atoms with Gasteiger partial charge in [0, 0.05) is 18.6 Å². The van der Waals surface area contributed by atoms with E-state index in [1.807, 2.05) is 0 Å². The van der Waals surface area contributed by atoms with Gasteiger partial charge in [0.15, 0.2) is 0 Å². The Morgan fingerprint density at radius 2 is 2.00 bits per heavy atom. The summed E-state index contributed by atoms with van der Waals surface area (Å²) in [7, 11) is 0. The van der Waals surface area contributed by atoms with Crippen LogP contribution in [-0.2, 0) is 6.42 Å². The van der Waals surface area contributed by atoms with Crippen molar-refractivity contribution in [2.24, 2.45) is 11.7 Å². The second-order valence-corrected chi connectivity index (χ2v) is 6.13. The molecule has 0 bridgehead atoms. The van der Waals surface area contributed by atoms with Crippen molar-refractivity contribution < 1.29 is 0 Å². The summed E-state index contributed by atoms with van der Waals surface area (Å²) in [5.74, 6) is 0.688. The van der Waals surface area contributed by atoms with Gasteiger partial charge in [-0.3, -0.25) is 0 Å². The molecule has 19 heavy (non-hydrogen) atoms. The van der Waals surface area contributed by atoms with Gasteiger partial charge in [-0.15, -0.1) is 0 Å². The van der Waals surface area contributed by atoms with E-state index in [4.69, 9.17) is 5.73 Å². The molecule has 0 aromatic heterocycles. The number of hydrogen-bond acceptors (Lipinski definition) is 2. The summed E-state index contributed by atoms with van der Waals surface area (Å²) < 4.78 is 0. The summed E-state index contributed by atoms with van der Waals surface area (Å²) >= 11 is 0. The van der Waals surface area contributed by atoms with Crippen LogP contribution in [0.5, 0.6) is 0 Å². The molecule has 1 aromatic carbocycles. The minimum Gasteiger partial charge on any atom is -0.328 e. The van der Waals surface area contributed by atoms with Gasteiger partial charge in [-0.25, -0.2) is 0 Å². The molecule has 0 amide bonds. The normalized spacial score (nSPS) is 24.1. The third-order valence-electron chi connectivity index (χ3n) is 4.55. The van der Waals surface area contributed by atoms with Gasteiger partial charge in [-0.05, 0) is 57.6 Å². The number of piperidine rings is 1. The van der Waals surface area contributed by atoms with Crippen molar-refractivity contribution in [3.63, 3.8) is 0 Å². The molecule has 2 N–H and O–H groups in total. The van der Waals surface area contributed by atoms with E-state index >= 15 is 0 Å². The Hall–Kier alpha value is -0.860. The molecule has 1 saturated heterocycles. The summed E-state index contributed by atoms with van der Waals surface area (Å²) in [5, 5.41) is 0. The Labute approximate surface area is 118 Å². The van der Waals surface area contributed by atoms with Gasteiger partial charge in [0.05, 0.1) is 0 Å². The fourth-order valence-corrected chi connectivity index (χ4v) is 3.07. The van der Waals surface area contributed by atoms with Gasteiger partial charge >= 0.3 is 0 Å². The largest absolute Gasteiger partial charge is 0.328 e. The zero-order valence-electron chi connectivity index (χ0n) is 12.4. The fraction of sp³-hybridized carbons (Fsp3) is 0.647. The summed E-state index contributed by atoms with van der Waals surface area (Å²) in [5.41, 5.74) is 7.52. The Balaban J connectivity index is 1.81. The molecule has 3 atom stereocenters. The molecule has 1 fully saturated rings. The molecule has 1 aromatic rings. The molecule has 0 radical (unpaired) electrons. The second-order valence-electron chi connectivity index (χ2n) is 6.13. The van der Waals surface area contributed by atoms with Crippen LogP contribution in [-0.4, -0.2) is 30.1 Å². The lowest BCUT2D eigenvalue weighted by Gasteiger charge is -2.38. The van der Waals surface area contributed by atoms with E-state index in [1.54, 1.807) is 0 Å². The quantitative estimate of drug-likeness (QED) is 0.881. The third-order valence-corrected chi connectivity index (χ3v) is 4.55. The molecular formula is C17H28N2. The monoisotopic (exact) mass is 260 g/mol. The minimum absolute atomic E-state index is 0.337. The molecule has 0 saturated carbocycles. The predicted octanol–water partition coefficient (Wildman–Crippen LogP) is 3.07. The van der Waals surface area contributed by atoms with Gasteiger partial charge in [0.25, 0.3) is 0 Å².